The van der Waals surface area contributed by atoms with Gasteiger partial charge in [-0.15, -0.1) is 12.4 Å². The van der Waals surface area contributed by atoms with Gasteiger partial charge in [0.1, 0.15) is 0 Å². The molecule has 2 nitrogen and oxygen atoms in total. The van der Waals surface area contributed by atoms with Gasteiger partial charge in [-0.25, -0.2) is 0 Å². The maximum atomic E-state index is 10.8. The molecule has 158 valence electrons. The lowest BCUT2D eigenvalue weighted by Gasteiger charge is -2.35. The van der Waals surface area contributed by atoms with E-state index < -0.39 is 0 Å². The molecular weight excluding hydrogens is 378 g/mol. The van der Waals surface area contributed by atoms with E-state index in [1.165, 1.54) is 60.2 Å². The van der Waals surface area contributed by atoms with Gasteiger partial charge in [0.05, 0.1) is 6.10 Å². The first-order chi connectivity index (χ1) is 13.5. The Balaban J connectivity index is 0.00000240. The quantitative estimate of drug-likeness (QED) is 0.633. The Hall–Kier alpha value is -1.35. The van der Waals surface area contributed by atoms with Crippen molar-refractivity contribution in [1.82, 2.24) is 4.90 Å². The van der Waals surface area contributed by atoms with E-state index in [-0.39, 0.29) is 18.5 Å². The second kappa shape index (κ2) is 9.64. The summed E-state index contributed by atoms with van der Waals surface area (Å²) in [5, 5.41) is 10.8. The Morgan fingerprint density at radius 2 is 1.52 bits per heavy atom. The molecule has 1 fully saturated rings. The molecule has 2 aliphatic rings. The van der Waals surface area contributed by atoms with Gasteiger partial charge in [0.25, 0.3) is 0 Å². The first-order valence-electron chi connectivity index (χ1n) is 11.1. The van der Waals surface area contributed by atoms with Gasteiger partial charge in [-0.3, -0.25) is 0 Å². The number of nitrogens with zero attached hydrogens (tertiary/aromatic N) is 1. The van der Waals surface area contributed by atoms with Crippen molar-refractivity contribution in [2.45, 2.75) is 64.9 Å². The zero-order chi connectivity index (χ0) is 19.7. The highest BCUT2D eigenvalue weighted by atomic mass is 35.5. The third-order valence-corrected chi connectivity index (χ3v) is 7.22. The Labute approximate surface area is 182 Å². The predicted molar refractivity (Wildman–Crippen MR) is 124 cm³/mol. The molecule has 2 atom stereocenters. The van der Waals surface area contributed by atoms with E-state index in [1.807, 2.05) is 0 Å². The SMILES string of the molecule is Cc1cccc2c1CCC(CN1CCC(c3c(C)cccc3C)CC1)CC2O.Cl. The fourth-order valence-electron chi connectivity index (χ4n) is 5.69. The van der Waals surface area contributed by atoms with Crippen molar-refractivity contribution in [1.29, 1.82) is 0 Å². The summed E-state index contributed by atoms with van der Waals surface area (Å²) in [6, 6.07) is 13.1. The second-order valence-corrected chi connectivity index (χ2v) is 9.18. The molecule has 0 amide bonds. The van der Waals surface area contributed by atoms with Crippen molar-refractivity contribution in [3.8, 4) is 0 Å². The van der Waals surface area contributed by atoms with Crippen LogP contribution in [0.25, 0.3) is 0 Å². The molecule has 0 saturated carbocycles. The lowest BCUT2D eigenvalue weighted by Crippen LogP contribution is -2.37. The number of hydrogen-bond donors (Lipinski definition) is 1. The van der Waals surface area contributed by atoms with E-state index in [4.69, 9.17) is 0 Å². The molecular formula is C26H36ClNO. The third-order valence-electron chi connectivity index (χ3n) is 7.22. The number of piperidine rings is 1. The average Bonchev–Trinajstić information content (AvgIpc) is 2.83. The van der Waals surface area contributed by atoms with E-state index in [0.717, 1.165) is 19.4 Å². The smallest absolute Gasteiger partial charge is 0.0795 e. The van der Waals surface area contributed by atoms with Gasteiger partial charge >= 0.3 is 0 Å². The molecule has 1 aliphatic carbocycles. The van der Waals surface area contributed by atoms with Crippen molar-refractivity contribution in [2.24, 2.45) is 5.92 Å². The summed E-state index contributed by atoms with van der Waals surface area (Å²) in [7, 11) is 0. The predicted octanol–water partition coefficient (Wildman–Crippen LogP) is 5.90. The fraction of sp³-hybridized carbons (Fsp3) is 0.538. The first kappa shape index (κ1) is 22.3. The molecule has 1 heterocycles. The lowest BCUT2D eigenvalue weighted by molar-refractivity contribution is 0.117. The molecule has 1 saturated heterocycles. The summed E-state index contributed by atoms with van der Waals surface area (Å²) in [4.78, 5) is 2.66. The summed E-state index contributed by atoms with van der Waals surface area (Å²) in [6.45, 7) is 10.2. The normalized spacial score (nSPS) is 23.2. The molecule has 1 N–H and O–H groups in total. The highest BCUT2D eigenvalue weighted by Crippen LogP contribution is 2.36. The molecule has 0 radical (unpaired) electrons. The van der Waals surface area contributed by atoms with Crippen molar-refractivity contribution < 1.29 is 5.11 Å². The van der Waals surface area contributed by atoms with E-state index in [1.54, 1.807) is 5.56 Å². The topological polar surface area (TPSA) is 23.5 Å². The van der Waals surface area contributed by atoms with Crippen LogP contribution in [-0.4, -0.2) is 29.6 Å². The van der Waals surface area contributed by atoms with Crippen LogP contribution >= 0.6 is 12.4 Å². The van der Waals surface area contributed by atoms with Crippen LogP contribution in [0, 0.1) is 26.7 Å². The Bertz CT molecular complexity index is 805. The first-order valence-corrected chi connectivity index (χ1v) is 11.1. The van der Waals surface area contributed by atoms with E-state index >= 15 is 0 Å². The van der Waals surface area contributed by atoms with Gasteiger partial charge in [0, 0.05) is 6.54 Å². The molecule has 0 spiro atoms. The van der Waals surface area contributed by atoms with Crippen LogP contribution < -0.4 is 0 Å². The number of aliphatic hydroxyl groups excluding tert-OH is 1. The minimum Gasteiger partial charge on any atom is -0.388 e. The number of rotatable bonds is 3. The zero-order valence-corrected chi connectivity index (χ0v) is 19.0. The van der Waals surface area contributed by atoms with Gasteiger partial charge in [0.2, 0.25) is 0 Å². The standard InChI is InChI=1S/C26H35NO.ClH/c1-18-6-5-9-24-23(18)11-10-21(16-25(24)28)17-27-14-12-22(13-15-27)26-19(2)7-4-8-20(26)3;/h4-9,21-22,25,28H,10-17H2,1-3H3;1H. The molecule has 1 aliphatic heterocycles. The van der Waals surface area contributed by atoms with Gasteiger partial charge in [-0.2, -0.15) is 0 Å². The molecule has 0 aromatic heterocycles. The lowest BCUT2D eigenvalue weighted by atomic mass is 9.84. The summed E-state index contributed by atoms with van der Waals surface area (Å²) in [6.07, 6.45) is 5.46. The molecule has 2 unspecified atom stereocenters. The number of fused-ring (bicyclic) bond motifs is 1. The maximum absolute atomic E-state index is 10.8. The fourth-order valence-corrected chi connectivity index (χ4v) is 5.69. The van der Waals surface area contributed by atoms with Gasteiger partial charge in [-0.05, 0) is 111 Å². The van der Waals surface area contributed by atoms with E-state index in [2.05, 4.69) is 62.1 Å². The van der Waals surface area contributed by atoms with E-state index in [9.17, 15) is 5.11 Å². The Morgan fingerprint density at radius 1 is 0.897 bits per heavy atom. The second-order valence-electron chi connectivity index (χ2n) is 9.18. The average molecular weight is 414 g/mol. The van der Waals surface area contributed by atoms with Crippen LogP contribution in [0.1, 0.15) is 71.1 Å². The van der Waals surface area contributed by atoms with Crippen molar-refractivity contribution in [2.75, 3.05) is 19.6 Å². The van der Waals surface area contributed by atoms with Gasteiger partial charge < -0.3 is 10.0 Å². The van der Waals surface area contributed by atoms with Crippen LogP contribution in [-0.2, 0) is 6.42 Å². The number of likely N-dealkylation sites (tertiary alicyclic amines) is 1. The molecule has 3 heteroatoms. The molecule has 0 bridgehead atoms. The number of hydrogen-bond acceptors (Lipinski definition) is 2. The third kappa shape index (κ3) is 4.87. The molecule has 2 aromatic rings. The number of aryl methyl sites for hydroxylation is 3. The number of benzene rings is 2. The number of halogens is 1. The van der Waals surface area contributed by atoms with E-state index in [0.29, 0.717) is 11.8 Å². The minimum absolute atomic E-state index is 0. The van der Waals surface area contributed by atoms with Gasteiger partial charge in [0.15, 0.2) is 0 Å². The van der Waals surface area contributed by atoms with Crippen LogP contribution in [0.15, 0.2) is 36.4 Å². The van der Waals surface area contributed by atoms with Crippen molar-refractivity contribution in [3.05, 3.63) is 69.8 Å². The largest absolute Gasteiger partial charge is 0.388 e. The summed E-state index contributed by atoms with van der Waals surface area (Å²) in [5.74, 6) is 1.31. The molecule has 4 rings (SSSR count). The highest BCUT2D eigenvalue weighted by Gasteiger charge is 2.28. The Morgan fingerprint density at radius 3 is 2.21 bits per heavy atom. The zero-order valence-electron chi connectivity index (χ0n) is 18.2. The monoisotopic (exact) mass is 413 g/mol. The minimum atomic E-state index is -0.297. The summed E-state index contributed by atoms with van der Waals surface area (Å²) >= 11 is 0. The number of aliphatic hydroxyl groups is 1. The van der Waals surface area contributed by atoms with Gasteiger partial charge in [-0.1, -0.05) is 36.4 Å². The molecule has 29 heavy (non-hydrogen) atoms. The highest BCUT2D eigenvalue weighted by molar-refractivity contribution is 5.85. The van der Waals surface area contributed by atoms with Crippen molar-refractivity contribution >= 4 is 12.4 Å². The molecule has 2 aromatic carbocycles. The van der Waals surface area contributed by atoms with Crippen molar-refractivity contribution in [3.63, 3.8) is 0 Å². The van der Waals surface area contributed by atoms with Crippen LogP contribution in [0.2, 0.25) is 0 Å². The Kier molecular flexibility index (Phi) is 7.42. The van der Waals surface area contributed by atoms with Crippen LogP contribution in [0.3, 0.4) is 0 Å². The summed E-state index contributed by atoms with van der Waals surface area (Å²) < 4.78 is 0. The summed E-state index contributed by atoms with van der Waals surface area (Å²) in [5.41, 5.74) is 8.42. The maximum Gasteiger partial charge on any atom is 0.0795 e. The van der Waals surface area contributed by atoms with Crippen LogP contribution in [0.5, 0.6) is 0 Å². The van der Waals surface area contributed by atoms with Crippen LogP contribution in [0.4, 0.5) is 0 Å².